The SMILES string of the molecule is Cc1conc1C(=O)Nc1ccc(F)c([C@]2(C)CCN=C(N)O2)c1. The minimum Gasteiger partial charge on any atom is -0.454 e. The van der Waals surface area contributed by atoms with Gasteiger partial charge in [0.1, 0.15) is 17.7 Å². The second-order valence-electron chi connectivity index (χ2n) is 5.80. The molecule has 1 amide bonds. The predicted octanol–water partition coefficient (Wildman–Crippen LogP) is 2.32. The summed E-state index contributed by atoms with van der Waals surface area (Å²) in [5.41, 5.74) is 6.18. The van der Waals surface area contributed by atoms with E-state index in [2.05, 4.69) is 15.5 Å². The summed E-state index contributed by atoms with van der Waals surface area (Å²) in [4.78, 5) is 16.2. The molecule has 2 aromatic rings. The van der Waals surface area contributed by atoms with Crippen LogP contribution in [0.25, 0.3) is 0 Å². The molecule has 24 heavy (non-hydrogen) atoms. The first-order chi connectivity index (χ1) is 11.4. The van der Waals surface area contributed by atoms with Crippen LogP contribution in [0, 0.1) is 12.7 Å². The number of carbonyl (C=O) groups excluding carboxylic acids is 1. The average Bonchev–Trinajstić information content (AvgIpc) is 2.95. The van der Waals surface area contributed by atoms with Crippen molar-refractivity contribution in [2.45, 2.75) is 25.9 Å². The Hall–Kier alpha value is -2.90. The van der Waals surface area contributed by atoms with Crippen LogP contribution in [0.15, 0.2) is 34.0 Å². The van der Waals surface area contributed by atoms with Crippen LogP contribution in [0.1, 0.15) is 35.0 Å². The highest BCUT2D eigenvalue weighted by molar-refractivity contribution is 6.03. The van der Waals surface area contributed by atoms with Gasteiger partial charge in [0.2, 0.25) is 0 Å². The molecule has 8 heteroatoms. The summed E-state index contributed by atoms with van der Waals surface area (Å²) in [6.07, 6.45) is 1.86. The minimum absolute atomic E-state index is 0.0239. The molecule has 7 nitrogen and oxygen atoms in total. The van der Waals surface area contributed by atoms with E-state index in [0.717, 1.165) is 0 Å². The zero-order valence-electron chi connectivity index (χ0n) is 13.3. The number of aromatic nitrogens is 1. The monoisotopic (exact) mass is 332 g/mol. The van der Waals surface area contributed by atoms with E-state index in [9.17, 15) is 9.18 Å². The van der Waals surface area contributed by atoms with E-state index in [-0.39, 0.29) is 11.7 Å². The molecule has 1 aliphatic rings. The number of anilines is 1. The van der Waals surface area contributed by atoms with Crippen LogP contribution in [0.5, 0.6) is 0 Å². The van der Waals surface area contributed by atoms with Crippen molar-refractivity contribution in [2.75, 3.05) is 11.9 Å². The van der Waals surface area contributed by atoms with Gasteiger partial charge in [-0.15, -0.1) is 0 Å². The number of aliphatic imine (C=N–C) groups is 1. The average molecular weight is 332 g/mol. The highest BCUT2D eigenvalue weighted by Gasteiger charge is 2.35. The molecule has 0 saturated carbocycles. The van der Waals surface area contributed by atoms with Gasteiger partial charge in [0.15, 0.2) is 5.69 Å². The number of aryl methyl sites for hydroxylation is 1. The lowest BCUT2D eigenvalue weighted by atomic mass is 9.90. The fourth-order valence-corrected chi connectivity index (χ4v) is 2.59. The summed E-state index contributed by atoms with van der Waals surface area (Å²) < 4.78 is 24.6. The van der Waals surface area contributed by atoms with Gasteiger partial charge in [-0.2, -0.15) is 0 Å². The molecule has 1 aliphatic heterocycles. The Morgan fingerprint density at radius 1 is 1.46 bits per heavy atom. The first-order valence-corrected chi connectivity index (χ1v) is 7.40. The van der Waals surface area contributed by atoms with Crippen molar-refractivity contribution in [1.29, 1.82) is 0 Å². The Morgan fingerprint density at radius 2 is 2.25 bits per heavy atom. The van der Waals surface area contributed by atoms with Crippen LogP contribution in [-0.2, 0) is 10.3 Å². The Bertz CT molecular complexity index is 817. The first-order valence-electron chi connectivity index (χ1n) is 7.40. The van der Waals surface area contributed by atoms with Crippen LogP contribution in [0.2, 0.25) is 0 Å². The van der Waals surface area contributed by atoms with Crippen molar-refractivity contribution in [2.24, 2.45) is 10.7 Å². The number of hydrogen-bond donors (Lipinski definition) is 2. The van der Waals surface area contributed by atoms with E-state index in [4.69, 9.17) is 15.0 Å². The molecule has 0 bridgehead atoms. The third-order valence-corrected chi connectivity index (χ3v) is 3.94. The minimum atomic E-state index is -0.944. The molecule has 1 atom stereocenters. The van der Waals surface area contributed by atoms with Crippen LogP contribution in [-0.4, -0.2) is 23.6 Å². The Balaban J connectivity index is 1.88. The quantitative estimate of drug-likeness (QED) is 0.898. The molecule has 1 aromatic heterocycles. The summed E-state index contributed by atoms with van der Waals surface area (Å²) in [6, 6.07) is 4.30. The topological polar surface area (TPSA) is 103 Å². The van der Waals surface area contributed by atoms with Gasteiger partial charge in [0.05, 0.1) is 0 Å². The van der Waals surface area contributed by atoms with Gasteiger partial charge in [0, 0.05) is 29.8 Å². The second kappa shape index (κ2) is 5.95. The van der Waals surface area contributed by atoms with Crippen molar-refractivity contribution >= 4 is 17.6 Å². The summed E-state index contributed by atoms with van der Waals surface area (Å²) >= 11 is 0. The molecule has 126 valence electrons. The molecule has 3 N–H and O–H groups in total. The number of carbonyl (C=O) groups is 1. The Morgan fingerprint density at radius 3 is 2.92 bits per heavy atom. The fraction of sp³-hybridized carbons (Fsp3) is 0.312. The van der Waals surface area contributed by atoms with Crippen LogP contribution < -0.4 is 11.1 Å². The van der Waals surface area contributed by atoms with E-state index >= 15 is 0 Å². The third kappa shape index (κ3) is 2.94. The molecule has 3 rings (SSSR count). The zero-order valence-corrected chi connectivity index (χ0v) is 13.3. The number of amides is 1. The van der Waals surface area contributed by atoms with E-state index in [1.165, 1.54) is 24.5 Å². The Kier molecular flexibility index (Phi) is 3.96. The lowest BCUT2D eigenvalue weighted by Gasteiger charge is -2.33. The fourth-order valence-electron chi connectivity index (χ4n) is 2.59. The summed E-state index contributed by atoms with van der Waals surface area (Å²) in [5, 5.41) is 6.32. The molecule has 0 spiro atoms. The molecule has 0 fully saturated rings. The number of benzene rings is 1. The number of ether oxygens (including phenoxy) is 1. The standard InChI is InChI=1S/C16H17FN4O3/c1-9-8-23-21-13(9)14(22)20-10-3-4-12(17)11(7-10)16(2)5-6-19-15(18)24-16/h3-4,7-8H,5-6H2,1-2H3,(H2,18,19)(H,20,22)/t16-/m0/s1. The van der Waals surface area contributed by atoms with E-state index in [1.54, 1.807) is 13.8 Å². The summed E-state index contributed by atoms with van der Waals surface area (Å²) in [6.45, 7) is 3.89. The summed E-state index contributed by atoms with van der Waals surface area (Å²) in [5.74, 6) is -0.877. The molecule has 2 heterocycles. The largest absolute Gasteiger partial charge is 0.454 e. The van der Waals surface area contributed by atoms with Crippen molar-refractivity contribution in [3.05, 3.63) is 47.1 Å². The maximum absolute atomic E-state index is 14.3. The van der Waals surface area contributed by atoms with Gasteiger partial charge >= 0.3 is 0 Å². The number of halogens is 1. The van der Waals surface area contributed by atoms with Crippen molar-refractivity contribution in [1.82, 2.24) is 5.16 Å². The van der Waals surface area contributed by atoms with Gasteiger partial charge in [-0.25, -0.2) is 9.38 Å². The van der Waals surface area contributed by atoms with Gasteiger partial charge in [-0.05, 0) is 32.0 Å². The maximum atomic E-state index is 14.3. The van der Waals surface area contributed by atoms with Crippen LogP contribution in [0.4, 0.5) is 10.1 Å². The Labute approximate surface area is 137 Å². The van der Waals surface area contributed by atoms with E-state index in [1.807, 2.05) is 0 Å². The lowest BCUT2D eigenvalue weighted by molar-refractivity contribution is 0.0482. The smallest absolute Gasteiger partial charge is 0.282 e. The number of rotatable bonds is 3. The van der Waals surface area contributed by atoms with Gasteiger partial charge < -0.3 is 20.3 Å². The number of nitrogens with one attached hydrogen (secondary N) is 1. The van der Waals surface area contributed by atoms with Crippen molar-refractivity contribution < 1.29 is 18.4 Å². The van der Waals surface area contributed by atoms with Gasteiger partial charge in [0.25, 0.3) is 11.9 Å². The molecular formula is C16H17FN4O3. The van der Waals surface area contributed by atoms with Crippen molar-refractivity contribution in [3.8, 4) is 0 Å². The van der Waals surface area contributed by atoms with Gasteiger partial charge in [-0.1, -0.05) is 5.16 Å². The van der Waals surface area contributed by atoms with E-state index in [0.29, 0.717) is 29.8 Å². The number of hydrogen-bond acceptors (Lipinski definition) is 6. The highest BCUT2D eigenvalue weighted by Crippen LogP contribution is 2.34. The molecular weight excluding hydrogens is 315 g/mol. The van der Waals surface area contributed by atoms with Gasteiger partial charge in [-0.3, -0.25) is 4.79 Å². The third-order valence-electron chi connectivity index (χ3n) is 3.94. The lowest BCUT2D eigenvalue weighted by Crippen LogP contribution is -2.38. The molecule has 0 unspecified atom stereocenters. The van der Waals surface area contributed by atoms with Crippen LogP contribution >= 0.6 is 0 Å². The van der Waals surface area contributed by atoms with Crippen LogP contribution in [0.3, 0.4) is 0 Å². The molecule has 0 aliphatic carbocycles. The van der Waals surface area contributed by atoms with E-state index < -0.39 is 17.3 Å². The maximum Gasteiger partial charge on any atom is 0.282 e. The number of amidine groups is 1. The molecule has 0 radical (unpaired) electrons. The van der Waals surface area contributed by atoms with Crippen molar-refractivity contribution in [3.63, 3.8) is 0 Å². The second-order valence-corrected chi connectivity index (χ2v) is 5.80. The molecule has 0 saturated heterocycles. The first kappa shape index (κ1) is 16.0. The zero-order chi connectivity index (χ0) is 17.3. The highest BCUT2D eigenvalue weighted by atomic mass is 19.1. The normalized spacial score (nSPS) is 20.2. The number of nitrogens with two attached hydrogens (primary N) is 1. The predicted molar refractivity (Wildman–Crippen MR) is 85.1 cm³/mol. The summed E-state index contributed by atoms with van der Waals surface area (Å²) in [7, 11) is 0. The molecule has 1 aromatic carbocycles. The number of nitrogens with zero attached hydrogens (tertiary/aromatic N) is 2.